The van der Waals surface area contributed by atoms with Gasteiger partial charge in [0.2, 0.25) is 0 Å². The molecule has 0 fully saturated rings. The lowest BCUT2D eigenvalue weighted by Crippen LogP contribution is -2.24. The summed E-state index contributed by atoms with van der Waals surface area (Å²) < 4.78 is 1.52. The fourth-order valence-corrected chi connectivity index (χ4v) is 1.92. The minimum atomic E-state index is -0.0751. The van der Waals surface area contributed by atoms with Crippen LogP contribution < -0.4 is 10.9 Å². The lowest BCUT2D eigenvalue weighted by molar-refractivity contribution is 0.696. The Balaban J connectivity index is 2.58. The van der Waals surface area contributed by atoms with Crippen molar-refractivity contribution in [2.45, 2.75) is 6.92 Å². The Hall–Kier alpha value is -0.970. The van der Waals surface area contributed by atoms with E-state index in [1.807, 2.05) is 11.8 Å². The molecule has 0 radical (unpaired) electrons. The molecule has 0 aliphatic rings. The fourth-order valence-electron chi connectivity index (χ4n) is 1.23. The highest BCUT2D eigenvalue weighted by atomic mass is 32.2. The number of hydrogen-bond donors (Lipinski definition) is 1. The van der Waals surface area contributed by atoms with Gasteiger partial charge in [0.1, 0.15) is 0 Å². The molecule has 0 saturated carbocycles. The average Bonchev–Trinajstić information content (AvgIpc) is 2.21. The highest BCUT2D eigenvalue weighted by Crippen LogP contribution is 2.04. The third-order valence-electron chi connectivity index (χ3n) is 2.09. The molecule has 4 nitrogen and oxygen atoms in total. The molecule has 1 aromatic rings. The molecule has 1 aromatic heterocycles. The van der Waals surface area contributed by atoms with Gasteiger partial charge >= 0.3 is 0 Å². The van der Waals surface area contributed by atoms with Gasteiger partial charge in [-0.3, -0.25) is 4.79 Å². The van der Waals surface area contributed by atoms with Crippen LogP contribution in [-0.4, -0.2) is 28.1 Å². The van der Waals surface area contributed by atoms with Crippen molar-refractivity contribution in [2.75, 3.05) is 23.9 Å². The Morgan fingerprint density at radius 2 is 2.40 bits per heavy atom. The highest BCUT2D eigenvalue weighted by molar-refractivity contribution is 7.98. The average molecular weight is 227 g/mol. The Labute approximate surface area is 94.1 Å². The SMILES string of the molecule is CSCC(C)CNc1nccn(C)c1=O. The van der Waals surface area contributed by atoms with Gasteiger partial charge in [0.25, 0.3) is 5.56 Å². The fraction of sp³-hybridized carbons (Fsp3) is 0.600. The minimum Gasteiger partial charge on any atom is -0.365 e. The summed E-state index contributed by atoms with van der Waals surface area (Å²) >= 11 is 1.81. The largest absolute Gasteiger partial charge is 0.365 e. The lowest BCUT2D eigenvalue weighted by Gasteiger charge is -2.11. The molecule has 0 saturated heterocycles. The zero-order chi connectivity index (χ0) is 11.3. The van der Waals surface area contributed by atoms with Crippen molar-refractivity contribution in [3.8, 4) is 0 Å². The number of thioether (sulfide) groups is 1. The predicted octanol–water partition coefficient (Wildman–Crippen LogP) is 1.19. The first-order valence-electron chi connectivity index (χ1n) is 4.89. The molecule has 1 atom stereocenters. The summed E-state index contributed by atoms with van der Waals surface area (Å²) in [6, 6.07) is 0. The van der Waals surface area contributed by atoms with Crippen LogP contribution in [0.3, 0.4) is 0 Å². The maximum Gasteiger partial charge on any atom is 0.293 e. The van der Waals surface area contributed by atoms with E-state index in [0.717, 1.165) is 12.3 Å². The zero-order valence-electron chi connectivity index (χ0n) is 9.36. The van der Waals surface area contributed by atoms with E-state index in [-0.39, 0.29) is 5.56 Å². The van der Waals surface area contributed by atoms with E-state index in [2.05, 4.69) is 23.5 Å². The third kappa shape index (κ3) is 3.58. The van der Waals surface area contributed by atoms with Gasteiger partial charge in [0.05, 0.1) is 0 Å². The summed E-state index contributed by atoms with van der Waals surface area (Å²) in [6.45, 7) is 2.93. The molecule has 1 N–H and O–H groups in total. The molecule has 0 spiro atoms. The van der Waals surface area contributed by atoms with Crippen LogP contribution in [0.25, 0.3) is 0 Å². The second kappa shape index (κ2) is 5.80. The quantitative estimate of drug-likeness (QED) is 0.821. The standard InChI is InChI=1S/C10H17N3OS/c1-8(7-15-3)6-12-9-10(14)13(2)5-4-11-9/h4-5,8H,6-7H2,1-3H3,(H,11,12). The van der Waals surface area contributed by atoms with E-state index in [0.29, 0.717) is 11.7 Å². The summed E-state index contributed by atoms with van der Waals surface area (Å²) in [5, 5.41) is 3.08. The molecule has 0 amide bonds. The third-order valence-corrected chi connectivity index (χ3v) is 2.99. The molecule has 0 aliphatic carbocycles. The van der Waals surface area contributed by atoms with Crippen molar-refractivity contribution < 1.29 is 0 Å². The van der Waals surface area contributed by atoms with E-state index >= 15 is 0 Å². The van der Waals surface area contributed by atoms with Gasteiger partial charge in [-0.2, -0.15) is 11.8 Å². The van der Waals surface area contributed by atoms with Crippen molar-refractivity contribution >= 4 is 17.6 Å². The second-order valence-corrected chi connectivity index (χ2v) is 4.54. The Morgan fingerprint density at radius 1 is 1.67 bits per heavy atom. The van der Waals surface area contributed by atoms with Crippen LogP contribution in [0, 0.1) is 5.92 Å². The smallest absolute Gasteiger partial charge is 0.293 e. The Morgan fingerprint density at radius 3 is 3.07 bits per heavy atom. The number of hydrogen-bond acceptors (Lipinski definition) is 4. The Bertz CT molecular complexity index is 364. The number of aromatic nitrogens is 2. The first-order valence-corrected chi connectivity index (χ1v) is 6.29. The first kappa shape index (κ1) is 12.1. The van der Waals surface area contributed by atoms with Crippen molar-refractivity contribution in [3.05, 3.63) is 22.7 Å². The van der Waals surface area contributed by atoms with E-state index in [9.17, 15) is 4.79 Å². The van der Waals surface area contributed by atoms with Crippen molar-refractivity contribution in [1.29, 1.82) is 0 Å². The topological polar surface area (TPSA) is 46.9 Å². The summed E-state index contributed by atoms with van der Waals surface area (Å²) in [4.78, 5) is 15.6. The lowest BCUT2D eigenvalue weighted by atomic mass is 10.2. The Kier molecular flexibility index (Phi) is 4.68. The predicted molar refractivity (Wildman–Crippen MR) is 65.5 cm³/mol. The van der Waals surface area contributed by atoms with E-state index in [1.54, 1.807) is 19.4 Å². The second-order valence-electron chi connectivity index (χ2n) is 3.63. The number of nitrogens with zero attached hydrogens (tertiary/aromatic N) is 2. The number of anilines is 1. The van der Waals surface area contributed by atoms with E-state index in [4.69, 9.17) is 0 Å². The van der Waals surface area contributed by atoms with Gasteiger partial charge in [0, 0.05) is 26.0 Å². The summed E-state index contributed by atoms with van der Waals surface area (Å²) in [6.07, 6.45) is 5.36. The molecular weight excluding hydrogens is 210 g/mol. The monoisotopic (exact) mass is 227 g/mol. The van der Waals surface area contributed by atoms with Crippen LogP contribution in [0.15, 0.2) is 17.2 Å². The van der Waals surface area contributed by atoms with Crippen LogP contribution in [0.1, 0.15) is 6.92 Å². The van der Waals surface area contributed by atoms with E-state index < -0.39 is 0 Å². The maximum absolute atomic E-state index is 11.6. The van der Waals surface area contributed by atoms with Gasteiger partial charge in [-0.25, -0.2) is 4.98 Å². The summed E-state index contributed by atoms with van der Waals surface area (Å²) in [5.74, 6) is 2.06. The molecule has 15 heavy (non-hydrogen) atoms. The van der Waals surface area contributed by atoms with Gasteiger partial charge in [-0.15, -0.1) is 0 Å². The van der Waals surface area contributed by atoms with Crippen LogP contribution in [0.5, 0.6) is 0 Å². The van der Waals surface area contributed by atoms with Crippen molar-refractivity contribution in [2.24, 2.45) is 13.0 Å². The summed E-state index contributed by atoms with van der Waals surface area (Å²) in [7, 11) is 1.72. The maximum atomic E-state index is 11.6. The van der Waals surface area contributed by atoms with Gasteiger partial charge in [-0.05, 0) is 17.9 Å². The molecule has 5 heteroatoms. The molecule has 0 aliphatic heterocycles. The molecule has 0 bridgehead atoms. The molecule has 84 valence electrons. The van der Waals surface area contributed by atoms with Crippen LogP contribution in [-0.2, 0) is 7.05 Å². The van der Waals surface area contributed by atoms with Gasteiger partial charge in [0.15, 0.2) is 5.82 Å². The minimum absolute atomic E-state index is 0.0751. The van der Waals surface area contributed by atoms with E-state index in [1.165, 1.54) is 4.57 Å². The van der Waals surface area contributed by atoms with Crippen molar-refractivity contribution in [3.63, 3.8) is 0 Å². The van der Waals surface area contributed by atoms with Crippen LogP contribution >= 0.6 is 11.8 Å². The molecule has 1 heterocycles. The van der Waals surface area contributed by atoms with Crippen LogP contribution in [0.2, 0.25) is 0 Å². The molecule has 1 rings (SSSR count). The van der Waals surface area contributed by atoms with Crippen LogP contribution in [0.4, 0.5) is 5.82 Å². The normalized spacial score (nSPS) is 12.5. The molecular formula is C10H17N3OS. The highest BCUT2D eigenvalue weighted by Gasteiger charge is 2.04. The van der Waals surface area contributed by atoms with Crippen molar-refractivity contribution in [1.82, 2.24) is 9.55 Å². The molecule has 1 unspecified atom stereocenters. The number of aryl methyl sites for hydroxylation is 1. The first-order chi connectivity index (χ1) is 7.15. The molecule has 0 aromatic carbocycles. The number of rotatable bonds is 5. The zero-order valence-corrected chi connectivity index (χ0v) is 10.2. The van der Waals surface area contributed by atoms with Gasteiger partial charge in [-0.1, -0.05) is 6.92 Å². The van der Waals surface area contributed by atoms with Gasteiger partial charge < -0.3 is 9.88 Å². The number of nitrogens with one attached hydrogen (secondary N) is 1. The summed E-state index contributed by atoms with van der Waals surface area (Å²) in [5.41, 5.74) is -0.0751.